The van der Waals surface area contributed by atoms with Crippen LogP contribution in [0.1, 0.15) is 22.5 Å². The number of ether oxygens (including phenoxy) is 1. The fourth-order valence-electron chi connectivity index (χ4n) is 5.01. The number of nitrogens with one attached hydrogen (secondary N) is 5. The van der Waals surface area contributed by atoms with Crippen LogP contribution in [-0.4, -0.2) is 47.0 Å². The molecule has 2 amide bonds. The fraction of sp³-hybridized carbons (Fsp3) is 0.208. The molecular formula is C24H21FN6O3. The molecule has 10 heteroatoms. The van der Waals surface area contributed by atoms with Gasteiger partial charge in [-0.1, -0.05) is 6.07 Å². The molecule has 5 heterocycles. The number of aromatic amines is 2. The van der Waals surface area contributed by atoms with Gasteiger partial charge in [-0.15, -0.1) is 0 Å². The normalized spacial score (nSPS) is 19.2. The Kier molecular flexibility index (Phi) is 4.38. The Morgan fingerprint density at radius 1 is 1.15 bits per heavy atom. The average Bonchev–Trinajstić information content (AvgIpc) is 3.55. The largest absolute Gasteiger partial charge is 0.492 e. The first-order chi connectivity index (χ1) is 16.5. The Morgan fingerprint density at radius 3 is 2.79 bits per heavy atom. The number of aromatic nitrogens is 3. The van der Waals surface area contributed by atoms with Crippen LogP contribution in [0.5, 0.6) is 5.75 Å². The number of methoxy groups -OCH3 is 1. The molecule has 4 aromatic rings. The van der Waals surface area contributed by atoms with Crippen molar-refractivity contribution in [3.05, 3.63) is 59.8 Å². The van der Waals surface area contributed by atoms with Gasteiger partial charge < -0.3 is 30.7 Å². The molecule has 1 spiro atoms. The number of halogens is 1. The highest BCUT2D eigenvalue weighted by atomic mass is 19.1. The highest BCUT2D eigenvalue weighted by Gasteiger charge is 2.48. The van der Waals surface area contributed by atoms with E-state index in [-0.39, 0.29) is 24.0 Å². The van der Waals surface area contributed by atoms with E-state index in [1.165, 1.54) is 13.2 Å². The van der Waals surface area contributed by atoms with E-state index in [1.54, 1.807) is 24.5 Å². The van der Waals surface area contributed by atoms with Gasteiger partial charge in [0.1, 0.15) is 5.65 Å². The van der Waals surface area contributed by atoms with Gasteiger partial charge in [0.2, 0.25) is 5.91 Å². The zero-order valence-electron chi connectivity index (χ0n) is 18.2. The second-order valence-electron chi connectivity index (χ2n) is 8.59. The molecule has 0 bridgehead atoms. The molecule has 6 rings (SSSR count). The van der Waals surface area contributed by atoms with E-state index in [2.05, 4.69) is 30.9 Å². The summed E-state index contributed by atoms with van der Waals surface area (Å²) in [5, 5.41) is 9.93. The molecule has 2 aliphatic heterocycles. The van der Waals surface area contributed by atoms with Crippen LogP contribution >= 0.6 is 0 Å². The number of hydrogen-bond donors (Lipinski definition) is 5. The molecule has 0 aliphatic carbocycles. The van der Waals surface area contributed by atoms with Crippen molar-refractivity contribution >= 4 is 34.2 Å². The van der Waals surface area contributed by atoms with E-state index in [0.29, 0.717) is 47.1 Å². The maximum Gasteiger partial charge on any atom is 0.255 e. The smallest absolute Gasteiger partial charge is 0.255 e. The van der Waals surface area contributed by atoms with Crippen LogP contribution in [0.3, 0.4) is 0 Å². The van der Waals surface area contributed by atoms with E-state index in [9.17, 15) is 14.0 Å². The SMILES string of the molecule is COc1c(F)cccc1Nc1c(-c2ccnc3[nH]ccc23)[nH]c2c1C(=O)NC[C@]21CNC(=O)C1. The number of carbonyl (C=O) groups is 2. The lowest BCUT2D eigenvalue weighted by atomic mass is 9.79. The molecule has 34 heavy (non-hydrogen) atoms. The van der Waals surface area contributed by atoms with Gasteiger partial charge in [0.25, 0.3) is 5.91 Å². The number of H-pyrrole nitrogens is 2. The van der Waals surface area contributed by atoms with Crippen molar-refractivity contribution in [1.29, 1.82) is 0 Å². The molecule has 9 nitrogen and oxygen atoms in total. The number of anilines is 2. The Labute approximate surface area is 193 Å². The minimum atomic E-state index is -0.606. The summed E-state index contributed by atoms with van der Waals surface area (Å²) in [4.78, 5) is 36.3. The first-order valence-electron chi connectivity index (χ1n) is 10.8. The summed E-state index contributed by atoms with van der Waals surface area (Å²) in [5.74, 6) is -0.841. The van der Waals surface area contributed by atoms with Crippen molar-refractivity contribution in [3.63, 3.8) is 0 Å². The van der Waals surface area contributed by atoms with Crippen molar-refractivity contribution in [2.24, 2.45) is 0 Å². The fourth-order valence-corrected chi connectivity index (χ4v) is 5.01. The van der Waals surface area contributed by atoms with Crippen LogP contribution in [0, 0.1) is 5.82 Å². The predicted molar refractivity (Wildman–Crippen MR) is 124 cm³/mol. The van der Waals surface area contributed by atoms with Crippen LogP contribution < -0.4 is 20.7 Å². The number of rotatable bonds is 4. The standard InChI is InChI=1S/C24H21FN6O3/c1-34-20-14(25)3-2-4-15(20)30-19-17-21(24(11-29-23(17)33)9-16(32)28-10-24)31-18(19)12-5-7-26-22-13(12)6-8-27-22/h2-8,30-31H,9-11H2,1H3,(H,26,27)(H,28,32)(H,29,33)/t24-/m0/s1. The van der Waals surface area contributed by atoms with Crippen molar-refractivity contribution in [3.8, 4) is 17.0 Å². The summed E-state index contributed by atoms with van der Waals surface area (Å²) in [5.41, 5.74) is 3.44. The molecule has 1 saturated heterocycles. The van der Waals surface area contributed by atoms with Crippen molar-refractivity contribution in [2.75, 3.05) is 25.5 Å². The molecule has 0 radical (unpaired) electrons. The average molecular weight is 460 g/mol. The highest BCUT2D eigenvalue weighted by molar-refractivity contribution is 6.09. The summed E-state index contributed by atoms with van der Waals surface area (Å²) in [7, 11) is 1.39. The minimum Gasteiger partial charge on any atom is -0.492 e. The van der Waals surface area contributed by atoms with Crippen LogP contribution in [0.4, 0.5) is 15.8 Å². The maximum absolute atomic E-state index is 14.5. The van der Waals surface area contributed by atoms with Crippen molar-refractivity contribution in [2.45, 2.75) is 11.8 Å². The summed E-state index contributed by atoms with van der Waals surface area (Å²) in [6, 6.07) is 8.31. The van der Waals surface area contributed by atoms with Gasteiger partial charge in [-0.05, 0) is 24.3 Å². The van der Waals surface area contributed by atoms with Gasteiger partial charge in [-0.25, -0.2) is 9.37 Å². The highest BCUT2D eigenvalue weighted by Crippen LogP contribution is 2.46. The zero-order chi connectivity index (χ0) is 23.4. The number of amides is 2. The van der Waals surface area contributed by atoms with Crippen LogP contribution in [0.15, 0.2) is 42.7 Å². The van der Waals surface area contributed by atoms with Crippen LogP contribution in [0.25, 0.3) is 22.3 Å². The van der Waals surface area contributed by atoms with Gasteiger partial charge in [0.05, 0.1) is 35.2 Å². The number of carbonyl (C=O) groups excluding carboxylic acids is 2. The molecule has 1 aromatic carbocycles. The monoisotopic (exact) mass is 460 g/mol. The maximum atomic E-state index is 14.5. The summed E-state index contributed by atoms with van der Waals surface area (Å²) in [6.45, 7) is 0.730. The van der Waals surface area contributed by atoms with E-state index in [1.807, 2.05) is 12.1 Å². The van der Waals surface area contributed by atoms with Crippen LogP contribution in [-0.2, 0) is 10.2 Å². The molecule has 0 unspecified atom stereocenters. The van der Waals surface area contributed by atoms with Crippen LogP contribution in [0.2, 0.25) is 0 Å². The zero-order valence-corrected chi connectivity index (χ0v) is 18.2. The third-order valence-electron chi connectivity index (χ3n) is 6.63. The first kappa shape index (κ1) is 20.3. The van der Waals surface area contributed by atoms with E-state index in [0.717, 1.165) is 10.9 Å². The van der Waals surface area contributed by atoms with Gasteiger partial charge in [0, 0.05) is 48.5 Å². The number of fused-ring (bicyclic) bond motifs is 3. The lowest BCUT2D eigenvalue weighted by Crippen LogP contribution is -2.48. The Bertz CT molecular complexity index is 1470. The second kappa shape index (κ2) is 7.34. The third-order valence-corrected chi connectivity index (χ3v) is 6.63. The topological polar surface area (TPSA) is 124 Å². The molecule has 0 saturated carbocycles. The lowest BCUT2D eigenvalue weighted by Gasteiger charge is -2.32. The second-order valence-corrected chi connectivity index (χ2v) is 8.59. The molecule has 2 aliphatic rings. The van der Waals surface area contributed by atoms with Gasteiger partial charge in [0.15, 0.2) is 11.6 Å². The first-order valence-corrected chi connectivity index (χ1v) is 10.8. The molecule has 3 aromatic heterocycles. The molecular weight excluding hydrogens is 439 g/mol. The summed E-state index contributed by atoms with van der Waals surface area (Å²) in [6.07, 6.45) is 3.72. The number of pyridine rings is 1. The Morgan fingerprint density at radius 2 is 2.00 bits per heavy atom. The van der Waals surface area contributed by atoms with Gasteiger partial charge >= 0.3 is 0 Å². The minimum absolute atomic E-state index is 0.0357. The van der Waals surface area contributed by atoms with Gasteiger partial charge in [-0.3, -0.25) is 9.59 Å². The Hall–Kier alpha value is -4.34. The van der Waals surface area contributed by atoms with E-state index in [4.69, 9.17) is 4.74 Å². The van der Waals surface area contributed by atoms with Crippen molar-refractivity contribution < 1.29 is 18.7 Å². The number of para-hydroxylation sites is 1. The quantitative estimate of drug-likeness (QED) is 0.320. The van der Waals surface area contributed by atoms with E-state index < -0.39 is 11.2 Å². The number of hydrogen-bond acceptors (Lipinski definition) is 5. The van der Waals surface area contributed by atoms with Crippen molar-refractivity contribution in [1.82, 2.24) is 25.6 Å². The molecule has 172 valence electrons. The predicted octanol–water partition coefficient (Wildman–Crippen LogP) is 2.95. The number of nitrogens with zero attached hydrogens (tertiary/aromatic N) is 1. The lowest BCUT2D eigenvalue weighted by molar-refractivity contribution is -0.119. The van der Waals surface area contributed by atoms with E-state index >= 15 is 0 Å². The molecule has 1 fully saturated rings. The molecule has 5 N–H and O–H groups in total. The third kappa shape index (κ3) is 2.88. The Balaban J connectivity index is 1.62. The number of benzene rings is 1. The summed E-state index contributed by atoms with van der Waals surface area (Å²) >= 11 is 0. The summed E-state index contributed by atoms with van der Waals surface area (Å²) < 4.78 is 19.7. The molecule has 1 atom stereocenters. The van der Waals surface area contributed by atoms with Gasteiger partial charge in [-0.2, -0.15) is 0 Å².